The minimum atomic E-state index is -1.01. The van der Waals surface area contributed by atoms with Crippen LogP contribution in [0.3, 0.4) is 0 Å². The molecule has 1 saturated carbocycles. The summed E-state index contributed by atoms with van der Waals surface area (Å²) in [7, 11) is 0. The normalized spacial score (nSPS) is 16.8. The molecule has 2 atom stereocenters. The van der Waals surface area contributed by atoms with E-state index in [0.29, 0.717) is 27.8 Å². The number of aliphatic hydroxyl groups excluding tert-OH is 1. The molecule has 5 nitrogen and oxygen atoms in total. The van der Waals surface area contributed by atoms with Gasteiger partial charge in [-0.15, -0.1) is 0 Å². The second-order valence-corrected chi connectivity index (χ2v) is 10.5. The average molecular weight is 552 g/mol. The highest BCUT2D eigenvalue weighted by molar-refractivity contribution is 9.10. The van der Waals surface area contributed by atoms with Gasteiger partial charge in [0.1, 0.15) is 6.10 Å². The molecule has 1 aliphatic carbocycles. The summed E-state index contributed by atoms with van der Waals surface area (Å²) in [6.45, 7) is 2.81. The van der Waals surface area contributed by atoms with Crippen LogP contribution < -0.4 is 11.1 Å². The molecule has 0 saturated heterocycles. The monoisotopic (exact) mass is 550 g/mol. The number of nitrogen functional groups attached to an aromatic ring is 1. The predicted octanol–water partition coefficient (Wildman–Crippen LogP) is 6.87. The van der Waals surface area contributed by atoms with Gasteiger partial charge in [0.15, 0.2) is 6.10 Å². The van der Waals surface area contributed by atoms with Crippen molar-refractivity contribution >= 4 is 27.6 Å². The standard InChI is InChI=1S/C30H35BrN2O3/c1-2-30(16-10-5-11-17-30)33-20-24-18-23(19-25(31)26(24)32)29(35)36-28(22-14-8-4-9-15-22)27(34)21-12-6-3-7-13-21/h3-4,6-9,12-15,18-19,27-28,33-34H,2,5,10-11,16-17,20,32H2,1H3. The second-order valence-electron chi connectivity index (χ2n) is 9.67. The lowest BCUT2D eigenvalue weighted by Gasteiger charge is -2.38. The summed E-state index contributed by atoms with van der Waals surface area (Å²) in [6.07, 6.45) is 5.26. The van der Waals surface area contributed by atoms with E-state index in [-0.39, 0.29) is 5.54 Å². The first-order valence-electron chi connectivity index (χ1n) is 12.7. The number of carbonyl (C=O) groups is 1. The third-order valence-corrected chi connectivity index (χ3v) is 8.04. The number of anilines is 1. The zero-order chi connectivity index (χ0) is 25.5. The third kappa shape index (κ3) is 6.17. The SMILES string of the molecule is CCC1(NCc2cc(C(=O)OC(c3ccccc3)C(O)c3ccccc3)cc(Br)c2N)CCCCC1. The summed E-state index contributed by atoms with van der Waals surface area (Å²) < 4.78 is 6.61. The van der Waals surface area contributed by atoms with E-state index in [1.807, 2.05) is 60.7 Å². The molecule has 36 heavy (non-hydrogen) atoms. The Kier molecular flexibility index (Phi) is 8.83. The number of esters is 1. The lowest BCUT2D eigenvalue weighted by molar-refractivity contribution is -0.0209. The van der Waals surface area contributed by atoms with Gasteiger partial charge in [0.05, 0.1) is 11.3 Å². The molecular weight excluding hydrogens is 516 g/mol. The van der Waals surface area contributed by atoms with Gasteiger partial charge < -0.3 is 20.9 Å². The fourth-order valence-electron chi connectivity index (χ4n) is 5.07. The first kappa shape index (κ1) is 26.4. The van der Waals surface area contributed by atoms with Crippen LogP contribution in [0.15, 0.2) is 77.3 Å². The molecule has 1 aliphatic rings. The molecule has 0 aromatic heterocycles. The number of benzene rings is 3. The fraction of sp³-hybridized carbons (Fsp3) is 0.367. The van der Waals surface area contributed by atoms with E-state index in [2.05, 4.69) is 28.2 Å². The minimum Gasteiger partial charge on any atom is -0.451 e. The summed E-state index contributed by atoms with van der Waals surface area (Å²) in [6, 6.07) is 22.1. The van der Waals surface area contributed by atoms with Gasteiger partial charge in [-0.3, -0.25) is 0 Å². The van der Waals surface area contributed by atoms with Gasteiger partial charge in [0, 0.05) is 16.6 Å². The number of hydrogen-bond acceptors (Lipinski definition) is 5. The van der Waals surface area contributed by atoms with E-state index >= 15 is 0 Å². The van der Waals surface area contributed by atoms with Crippen LogP contribution in [0.5, 0.6) is 0 Å². The van der Waals surface area contributed by atoms with Crippen LogP contribution in [0.25, 0.3) is 0 Å². The molecule has 0 radical (unpaired) electrons. The average Bonchev–Trinajstić information content (AvgIpc) is 2.93. The Morgan fingerprint density at radius 1 is 1.03 bits per heavy atom. The third-order valence-electron chi connectivity index (χ3n) is 7.38. The van der Waals surface area contributed by atoms with Crippen molar-refractivity contribution in [2.45, 2.75) is 69.7 Å². The van der Waals surface area contributed by atoms with Gasteiger partial charge in [-0.1, -0.05) is 86.8 Å². The molecule has 1 fully saturated rings. The lowest BCUT2D eigenvalue weighted by atomic mass is 9.79. The molecule has 190 valence electrons. The highest BCUT2D eigenvalue weighted by Crippen LogP contribution is 2.35. The Morgan fingerprint density at radius 3 is 2.25 bits per heavy atom. The van der Waals surface area contributed by atoms with Crippen molar-refractivity contribution < 1.29 is 14.6 Å². The summed E-state index contributed by atoms with van der Waals surface area (Å²) in [5, 5.41) is 14.9. The summed E-state index contributed by atoms with van der Waals surface area (Å²) >= 11 is 3.53. The number of halogens is 1. The molecule has 0 heterocycles. The number of hydrogen-bond donors (Lipinski definition) is 3. The molecule has 0 bridgehead atoms. The van der Waals surface area contributed by atoms with Crippen LogP contribution in [0.1, 0.15) is 84.7 Å². The van der Waals surface area contributed by atoms with Crippen molar-refractivity contribution in [2.24, 2.45) is 0 Å². The zero-order valence-electron chi connectivity index (χ0n) is 20.8. The number of aliphatic hydroxyl groups is 1. The molecule has 0 amide bonds. The number of rotatable bonds is 9. The van der Waals surface area contributed by atoms with Crippen LogP contribution >= 0.6 is 15.9 Å². The van der Waals surface area contributed by atoms with E-state index in [0.717, 1.165) is 30.4 Å². The van der Waals surface area contributed by atoms with Crippen molar-refractivity contribution in [2.75, 3.05) is 5.73 Å². The van der Waals surface area contributed by atoms with Crippen LogP contribution in [0.2, 0.25) is 0 Å². The fourth-order valence-corrected chi connectivity index (χ4v) is 5.57. The van der Waals surface area contributed by atoms with E-state index in [4.69, 9.17) is 10.5 Å². The minimum absolute atomic E-state index is 0.117. The quantitative estimate of drug-likeness (QED) is 0.200. The lowest BCUT2D eigenvalue weighted by Crippen LogP contribution is -2.45. The van der Waals surface area contributed by atoms with Crippen LogP contribution in [-0.2, 0) is 11.3 Å². The molecule has 4 rings (SSSR count). The molecule has 0 spiro atoms. The van der Waals surface area contributed by atoms with Crippen LogP contribution in [0, 0.1) is 0 Å². The smallest absolute Gasteiger partial charge is 0.338 e. The Hall–Kier alpha value is -2.67. The highest BCUT2D eigenvalue weighted by Gasteiger charge is 2.30. The van der Waals surface area contributed by atoms with Gasteiger partial charge in [0.25, 0.3) is 0 Å². The Morgan fingerprint density at radius 2 is 1.64 bits per heavy atom. The van der Waals surface area contributed by atoms with Crippen LogP contribution in [-0.4, -0.2) is 16.6 Å². The van der Waals surface area contributed by atoms with E-state index in [1.54, 1.807) is 12.1 Å². The summed E-state index contributed by atoms with van der Waals surface area (Å²) in [5.74, 6) is -0.511. The maximum absolute atomic E-state index is 13.4. The molecule has 3 aromatic carbocycles. The first-order chi connectivity index (χ1) is 17.4. The summed E-state index contributed by atoms with van der Waals surface area (Å²) in [4.78, 5) is 13.4. The van der Waals surface area contributed by atoms with E-state index in [1.165, 1.54) is 19.3 Å². The zero-order valence-corrected chi connectivity index (χ0v) is 22.3. The van der Waals surface area contributed by atoms with Gasteiger partial charge in [-0.2, -0.15) is 0 Å². The molecule has 4 N–H and O–H groups in total. The van der Waals surface area contributed by atoms with Gasteiger partial charge in [0.2, 0.25) is 0 Å². The molecule has 3 aromatic rings. The molecule has 0 aliphatic heterocycles. The predicted molar refractivity (Wildman–Crippen MR) is 148 cm³/mol. The number of carbonyl (C=O) groups excluding carboxylic acids is 1. The van der Waals surface area contributed by atoms with Crippen molar-refractivity contribution in [3.63, 3.8) is 0 Å². The molecular formula is C30H35BrN2O3. The highest BCUT2D eigenvalue weighted by atomic mass is 79.9. The Bertz CT molecular complexity index is 1150. The largest absolute Gasteiger partial charge is 0.451 e. The maximum Gasteiger partial charge on any atom is 0.338 e. The van der Waals surface area contributed by atoms with E-state index < -0.39 is 18.2 Å². The van der Waals surface area contributed by atoms with Crippen molar-refractivity contribution in [3.05, 3.63) is 99.5 Å². The van der Waals surface area contributed by atoms with Gasteiger partial charge in [-0.05, 0) is 64.0 Å². The topological polar surface area (TPSA) is 84.6 Å². The number of ether oxygens (including phenoxy) is 1. The first-order valence-corrected chi connectivity index (χ1v) is 13.5. The van der Waals surface area contributed by atoms with Crippen molar-refractivity contribution in [1.82, 2.24) is 5.32 Å². The summed E-state index contributed by atoms with van der Waals surface area (Å²) in [5.41, 5.74) is 9.77. The Balaban J connectivity index is 1.57. The van der Waals surface area contributed by atoms with Crippen LogP contribution in [0.4, 0.5) is 5.69 Å². The van der Waals surface area contributed by atoms with Gasteiger partial charge >= 0.3 is 5.97 Å². The Labute approximate surface area is 222 Å². The van der Waals surface area contributed by atoms with Crippen molar-refractivity contribution in [1.29, 1.82) is 0 Å². The number of nitrogens with one attached hydrogen (secondary N) is 1. The molecule has 2 unspecified atom stereocenters. The second kappa shape index (κ2) is 12.0. The number of nitrogens with two attached hydrogens (primary N) is 1. The van der Waals surface area contributed by atoms with E-state index in [9.17, 15) is 9.90 Å². The molecule has 6 heteroatoms. The maximum atomic E-state index is 13.4. The van der Waals surface area contributed by atoms with Crippen molar-refractivity contribution in [3.8, 4) is 0 Å². The van der Waals surface area contributed by atoms with Gasteiger partial charge in [-0.25, -0.2) is 4.79 Å².